The SMILES string of the molecule is C[C@H](CO)[C@@H]1C[C@H]2OC(C)(C)O[C@H]2O1. The standard InChI is InChI=1S/C10H18O4/c1-6(5-11)7-4-8-9(12-7)14-10(2,3)13-8/h6-9,11H,4-5H2,1-3H3/t6-,7+,8-,9-/m1/s1. The monoisotopic (exact) mass is 202 g/mol. The first-order chi connectivity index (χ1) is 6.52. The van der Waals surface area contributed by atoms with E-state index in [0.717, 1.165) is 6.42 Å². The summed E-state index contributed by atoms with van der Waals surface area (Å²) < 4.78 is 16.9. The topological polar surface area (TPSA) is 47.9 Å². The zero-order valence-electron chi connectivity index (χ0n) is 8.90. The molecule has 2 rings (SSSR count). The summed E-state index contributed by atoms with van der Waals surface area (Å²) in [7, 11) is 0. The van der Waals surface area contributed by atoms with Gasteiger partial charge in [-0.1, -0.05) is 6.92 Å². The summed E-state index contributed by atoms with van der Waals surface area (Å²) in [5, 5.41) is 9.00. The summed E-state index contributed by atoms with van der Waals surface area (Å²) in [6.45, 7) is 5.89. The summed E-state index contributed by atoms with van der Waals surface area (Å²) in [6, 6.07) is 0. The van der Waals surface area contributed by atoms with Gasteiger partial charge in [-0.15, -0.1) is 0 Å². The molecule has 0 aromatic carbocycles. The van der Waals surface area contributed by atoms with Crippen LogP contribution in [0.3, 0.4) is 0 Å². The lowest BCUT2D eigenvalue weighted by Crippen LogP contribution is -2.28. The Morgan fingerprint density at radius 1 is 1.43 bits per heavy atom. The second kappa shape index (κ2) is 3.45. The summed E-state index contributed by atoms with van der Waals surface area (Å²) in [4.78, 5) is 0. The van der Waals surface area contributed by atoms with E-state index in [-0.39, 0.29) is 31.0 Å². The quantitative estimate of drug-likeness (QED) is 0.722. The minimum Gasteiger partial charge on any atom is -0.396 e. The van der Waals surface area contributed by atoms with Crippen molar-refractivity contribution in [1.29, 1.82) is 0 Å². The number of rotatable bonds is 2. The molecule has 0 bridgehead atoms. The molecular formula is C10H18O4. The number of aliphatic hydroxyl groups excluding tert-OH is 1. The second-order valence-corrected chi connectivity index (χ2v) is 4.61. The highest BCUT2D eigenvalue weighted by Gasteiger charge is 2.49. The van der Waals surface area contributed by atoms with E-state index < -0.39 is 5.79 Å². The molecule has 2 saturated heterocycles. The molecule has 82 valence electrons. The molecule has 1 N–H and O–H groups in total. The maximum absolute atomic E-state index is 9.00. The van der Waals surface area contributed by atoms with Crippen LogP contribution in [0.25, 0.3) is 0 Å². The maximum Gasteiger partial charge on any atom is 0.187 e. The Morgan fingerprint density at radius 2 is 2.14 bits per heavy atom. The van der Waals surface area contributed by atoms with Crippen LogP contribution in [0, 0.1) is 5.92 Å². The fourth-order valence-electron chi connectivity index (χ4n) is 2.02. The van der Waals surface area contributed by atoms with Crippen molar-refractivity contribution in [3.63, 3.8) is 0 Å². The van der Waals surface area contributed by atoms with Crippen molar-refractivity contribution >= 4 is 0 Å². The highest BCUT2D eigenvalue weighted by atomic mass is 16.8. The summed E-state index contributed by atoms with van der Waals surface area (Å²) in [5.41, 5.74) is 0. The molecule has 4 heteroatoms. The zero-order chi connectivity index (χ0) is 10.3. The summed E-state index contributed by atoms with van der Waals surface area (Å²) in [6.07, 6.45) is 0.662. The number of aliphatic hydroxyl groups is 1. The molecule has 0 radical (unpaired) electrons. The van der Waals surface area contributed by atoms with E-state index in [4.69, 9.17) is 19.3 Å². The molecule has 2 heterocycles. The van der Waals surface area contributed by atoms with Gasteiger partial charge >= 0.3 is 0 Å². The number of hydrogen-bond acceptors (Lipinski definition) is 4. The lowest BCUT2D eigenvalue weighted by molar-refractivity contribution is -0.210. The van der Waals surface area contributed by atoms with Crippen molar-refractivity contribution in [2.24, 2.45) is 5.92 Å². The van der Waals surface area contributed by atoms with Crippen LogP contribution >= 0.6 is 0 Å². The van der Waals surface area contributed by atoms with Gasteiger partial charge in [0.05, 0.1) is 6.10 Å². The molecule has 4 nitrogen and oxygen atoms in total. The van der Waals surface area contributed by atoms with Crippen LogP contribution in [0.1, 0.15) is 27.2 Å². The van der Waals surface area contributed by atoms with E-state index in [9.17, 15) is 0 Å². The number of hydrogen-bond donors (Lipinski definition) is 1. The fraction of sp³-hybridized carbons (Fsp3) is 1.00. The Hall–Kier alpha value is -0.160. The van der Waals surface area contributed by atoms with Gasteiger partial charge in [-0.25, -0.2) is 0 Å². The van der Waals surface area contributed by atoms with Crippen molar-refractivity contribution in [3.8, 4) is 0 Å². The molecule has 2 aliphatic heterocycles. The molecule has 0 aromatic rings. The minimum atomic E-state index is -0.525. The third-order valence-electron chi connectivity index (χ3n) is 2.83. The van der Waals surface area contributed by atoms with Gasteiger partial charge in [0.2, 0.25) is 0 Å². The van der Waals surface area contributed by atoms with Gasteiger partial charge in [-0.3, -0.25) is 0 Å². The average molecular weight is 202 g/mol. The van der Waals surface area contributed by atoms with Crippen molar-refractivity contribution in [2.45, 2.75) is 51.5 Å². The van der Waals surface area contributed by atoms with Crippen molar-refractivity contribution in [3.05, 3.63) is 0 Å². The molecule has 0 aromatic heterocycles. The Kier molecular flexibility index (Phi) is 2.55. The molecule has 2 aliphatic rings. The van der Waals surface area contributed by atoms with Gasteiger partial charge in [0.1, 0.15) is 6.10 Å². The molecule has 14 heavy (non-hydrogen) atoms. The van der Waals surface area contributed by atoms with Gasteiger partial charge in [0.15, 0.2) is 12.1 Å². The Labute approximate surface area is 84.1 Å². The van der Waals surface area contributed by atoms with Gasteiger partial charge in [0, 0.05) is 18.9 Å². The second-order valence-electron chi connectivity index (χ2n) is 4.61. The number of fused-ring (bicyclic) bond motifs is 1. The van der Waals surface area contributed by atoms with Gasteiger partial charge in [-0.2, -0.15) is 0 Å². The lowest BCUT2D eigenvalue weighted by Gasteiger charge is -2.22. The van der Waals surface area contributed by atoms with Gasteiger partial charge < -0.3 is 19.3 Å². The van der Waals surface area contributed by atoms with E-state index in [2.05, 4.69) is 0 Å². The molecule has 0 spiro atoms. The molecule has 0 unspecified atom stereocenters. The largest absolute Gasteiger partial charge is 0.396 e. The van der Waals surface area contributed by atoms with E-state index >= 15 is 0 Å². The summed E-state index contributed by atoms with van der Waals surface area (Å²) >= 11 is 0. The Bertz CT molecular complexity index is 200. The van der Waals surface area contributed by atoms with Crippen LogP contribution in [-0.4, -0.2) is 36.0 Å². The van der Waals surface area contributed by atoms with Crippen LogP contribution < -0.4 is 0 Å². The van der Waals surface area contributed by atoms with E-state index in [1.807, 2.05) is 20.8 Å². The van der Waals surface area contributed by atoms with Crippen molar-refractivity contribution in [1.82, 2.24) is 0 Å². The average Bonchev–Trinajstić information content (AvgIpc) is 2.56. The Balaban J connectivity index is 1.93. The third kappa shape index (κ3) is 1.80. The van der Waals surface area contributed by atoms with Gasteiger partial charge in [0.25, 0.3) is 0 Å². The van der Waals surface area contributed by atoms with Crippen LogP contribution in [0.4, 0.5) is 0 Å². The van der Waals surface area contributed by atoms with Gasteiger partial charge in [-0.05, 0) is 13.8 Å². The van der Waals surface area contributed by atoms with Crippen LogP contribution in [0.5, 0.6) is 0 Å². The van der Waals surface area contributed by atoms with Crippen LogP contribution in [0.2, 0.25) is 0 Å². The molecule has 0 saturated carbocycles. The van der Waals surface area contributed by atoms with E-state index in [1.165, 1.54) is 0 Å². The maximum atomic E-state index is 9.00. The molecule has 4 atom stereocenters. The predicted octanol–water partition coefficient (Wildman–Crippen LogP) is 0.881. The van der Waals surface area contributed by atoms with Crippen molar-refractivity contribution in [2.75, 3.05) is 6.61 Å². The molecular weight excluding hydrogens is 184 g/mol. The number of ether oxygens (including phenoxy) is 3. The smallest absolute Gasteiger partial charge is 0.187 e. The third-order valence-corrected chi connectivity index (χ3v) is 2.83. The van der Waals surface area contributed by atoms with Crippen molar-refractivity contribution < 1.29 is 19.3 Å². The normalized spacial score (nSPS) is 42.4. The minimum absolute atomic E-state index is 0.0315. The predicted molar refractivity (Wildman–Crippen MR) is 49.6 cm³/mol. The molecule has 2 fully saturated rings. The lowest BCUT2D eigenvalue weighted by atomic mass is 10.0. The highest BCUT2D eigenvalue weighted by molar-refractivity contribution is 4.86. The highest BCUT2D eigenvalue weighted by Crippen LogP contribution is 2.38. The molecule has 0 aliphatic carbocycles. The summed E-state index contributed by atoms with van der Waals surface area (Å²) in [5.74, 6) is -0.376. The first-order valence-electron chi connectivity index (χ1n) is 5.14. The zero-order valence-corrected chi connectivity index (χ0v) is 8.90. The Morgan fingerprint density at radius 3 is 2.71 bits per heavy atom. The van der Waals surface area contributed by atoms with Crippen LogP contribution in [0.15, 0.2) is 0 Å². The van der Waals surface area contributed by atoms with E-state index in [1.54, 1.807) is 0 Å². The fourth-order valence-corrected chi connectivity index (χ4v) is 2.02. The first kappa shape index (κ1) is 10.4. The molecule has 0 amide bonds. The first-order valence-corrected chi connectivity index (χ1v) is 5.14. The van der Waals surface area contributed by atoms with Crippen LogP contribution in [-0.2, 0) is 14.2 Å². The van der Waals surface area contributed by atoms with E-state index in [0.29, 0.717) is 0 Å².